The van der Waals surface area contributed by atoms with Crippen LogP contribution in [0.1, 0.15) is 56.9 Å². The number of halogens is 1. The number of imide groups is 1. The van der Waals surface area contributed by atoms with E-state index < -0.39 is 0 Å². The predicted molar refractivity (Wildman–Crippen MR) is 112 cm³/mol. The molecule has 7 nitrogen and oxygen atoms in total. The molecule has 154 valence electrons. The fourth-order valence-corrected chi connectivity index (χ4v) is 3.83. The molecule has 0 spiro atoms. The number of carbonyl (C=O) groups is 2. The van der Waals surface area contributed by atoms with E-state index >= 15 is 0 Å². The number of hydrogen-bond acceptors (Lipinski definition) is 4. The highest BCUT2D eigenvalue weighted by atomic mass is 35.5. The molecule has 2 heterocycles. The number of benzene rings is 1. The van der Waals surface area contributed by atoms with Gasteiger partial charge in [-0.1, -0.05) is 31.4 Å². The van der Waals surface area contributed by atoms with E-state index in [4.69, 9.17) is 5.73 Å². The second kappa shape index (κ2) is 9.89. The lowest BCUT2D eigenvalue weighted by Gasteiger charge is -2.25. The third-order valence-electron chi connectivity index (χ3n) is 5.23. The SMILES string of the molecule is Cl.Cn1c(=O)n(N2C(=O)CCCC2=O)c2cccc(CCCCCCCN)c21. The van der Waals surface area contributed by atoms with Crippen molar-refractivity contribution in [3.8, 4) is 0 Å². The predicted octanol–water partition coefficient (Wildman–Crippen LogP) is 2.39. The van der Waals surface area contributed by atoms with Crippen LogP contribution in [-0.2, 0) is 23.1 Å². The Hall–Kier alpha value is -2.12. The van der Waals surface area contributed by atoms with Crippen LogP contribution in [0.2, 0.25) is 0 Å². The van der Waals surface area contributed by atoms with Gasteiger partial charge in [-0.05, 0) is 43.9 Å². The van der Waals surface area contributed by atoms with Crippen LogP contribution in [-0.4, -0.2) is 27.6 Å². The lowest BCUT2D eigenvalue weighted by molar-refractivity contribution is -0.131. The molecule has 2 amide bonds. The van der Waals surface area contributed by atoms with E-state index in [1.54, 1.807) is 17.7 Å². The van der Waals surface area contributed by atoms with E-state index in [1.807, 2.05) is 12.1 Å². The van der Waals surface area contributed by atoms with Crippen LogP contribution in [0.15, 0.2) is 23.0 Å². The first-order valence-corrected chi connectivity index (χ1v) is 9.81. The van der Waals surface area contributed by atoms with Gasteiger partial charge in [-0.3, -0.25) is 14.2 Å². The molecular weight excluding hydrogens is 380 g/mol. The lowest BCUT2D eigenvalue weighted by Crippen LogP contribution is -2.52. The Morgan fingerprint density at radius 1 is 0.964 bits per heavy atom. The van der Waals surface area contributed by atoms with Gasteiger partial charge in [0.15, 0.2) is 0 Å². The molecule has 2 N–H and O–H groups in total. The molecule has 0 radical (unpaired) electrons. The van der Waals surface area contributed by atoms with Crippen LogP contribution in [0, 0.1) is 0 Å². The van der Waals surface area contributed by atoms with Gasteiger partial charge in [-0.25, -0.2) is 4.79 Å². The van der Waals surface area contributed by atoms with Gasteiger partial charge >= 0.3 is 5.69 Å². The normalized spacial score (nSPS) is 14.6. The van der Waals surface area contributed by atoms with Gasteiger partial charge in [0.2, 0.25) is 11.8 Å². The zero-order valence-corrected chi connectivity index (χ0v) is 17.2. The summed E-state index contributed by atoms with van der Waals surface area (Å²) in [5, 5.41) is 1.03. The van der Waals surface area contributed by atoms with Crippen molar-refractivity contribution in [3.63, 3.8) is 0 Å². The Balaban J connectivity index is 0.00000280. The number of aromatic nitrogens is 2. The molecule has 8 heteroatoms. The van der Waals surface area contributed by atoms with Crippen LogP contribution in [0.4, 0.5) is 0 Å². The summed E-state index contributed by atoms with van der Waals surface area (Å²) in [4.78, 5) is 37.5. The fraction of sp³-hybridized carbons (Fsp3) is 0.550. The summed E-state index contributed by atoms with van der Waals surface area (Å²) >= 11 is 0. The first-order chi connectivity index (χ1) is 13.1. The van der Waals surface area contributed by atoms with Gasteiger partial charge < -0.3 is 5.73 Å². The second-order valence-corrected chi connectivity index (χ2v) is 7.20. The average molecular weight is 409 g/mol. The van der Waals surface area contributed by atoms with Crippen LogP contribution in [0.3, 0.4) is 0 Å². The Morgan fingerprint density at radius 2 is 1.61 bits per heavy atom. The maximum atomic E-state index is 12.8. The molecule has 0 aliphatic carbocycles. The minimum Gasteiger partial charge on any atom is -0.330 e. The van der Waals surface area contributed by atoms with Crippen molar-refractivity contribution in [2.24, 2.45) is 12.8 Å². The molecule has 1 saturated heterocycles. The van der Waals surface area contributed by atoms with E-state index in [1.165, 1.54) is 4.68 Å². The summed E-state index contributed by atoms with van der Waals surface area (Å²) in [6.07, 6.45) is 7.50. The van der Waals surface area contributed by atoms with Gasteiger partial charge in [0.25, 0.3) is 0 Å². The maximum absolute atomic E-state index is 12.8. The first-order valence-electron chi connectivity index (χ1n) is 9.81. The lowest BCUT2D eigenvalue weighted by atomic mass is 10.0. The highest BCUT2D eigenvalue weighted by Gasteiger charge is 2.31. The highest BCUT2D eigenvalue weighted by molar-refractivity contribution is 6.11. The number of piperidine rings is 1. The molecular formula is C20H29ClN4O3. The number of rotatable bonds is 8. The van der Waals surface area contributed by atoms with Crippen molar-refractivity contribution in [3.05, 3.63) is 34.2 Å². The van der Waals surface area contributed by atoms with Crippen molar-refractivity contribution in [2.75, 3.05) is 11.6 Å². The van der Waals surface area contributed by atoms with E-state index in [0.717, 1.165) is 61.2 Å². The molecule has 1 fully saturated rings. The molecule has 1 aliphatic rings. The summed E-state index contributed by atoms with van der Waals surface area (Å²) in [5.41, 5.74) is 7.66. The van der Waals surface area contributed by atoms with Crippen molar-refractivity contribution in [1.29, 1.82) is 0 Å². The number of carbonyl (C=O) groups excluding carboxylic acids is 2. The summed E-state index contributed by atoms with van der Waals surface area (Å²) in [7, 11) is 1.70. The Morgan fingerprint density at radius 3 is 2.29 bits per heavy atom. The number of hydrogen-bond donors (Lipinski definition) is 1. The summed E-state index contributed by atoms with van der Waals surface area (Å²) < 4.78 is 2.80. The molecule has 0 unspecified atom stereocenters. The molecule has 2 aromatic rings. The zero-order valence-electron chi connectivity index (χ0n) is 16.4. The molecule has 1 aromatic heterocycles. The fourth-order valence-electron chi connectivity index (χ4n) is 3.83. The topological polar surface area (TPSA) is 90.3 Å². The largest absolute Gasteiger partial charge is 0.348 e. The molecule has 0 saturated carbocycles. The number of nitrogens with two attached hydrogens (primary N) is 1. The molecule has 1 aromatic carbocycles. The molecule has 1 aliphatic heterocycles. The standard InChI is InChI=1S/C20H28N4O3.ClH/c1-22-19-15(9-5-3-2-4-6-14-21)10-7-11-16(19)23(20(22)27)24-17(25)12-8-13-18(24)26;/h7,10-11H,2-6,8-9,12-14,21H2,1H3;1H. The van der Waals surface area contributed by atoms with Crippen LogP contribution in [0.5, 0.6) is 0 Å². The molecule has 28 heavy (non-hydrogen) atoms. The number of para-hydroxylation sites is 1. The van der Waals surface area contributed by atoms with E-state index in [9.17, 15) is 14.4 Å². The van der Waals surface area contributed by atoms with Crippen molar-refractivity contribution in [1.82, 2.24) is 9.24 Å². The summed E-state index contributed by atoms with van der Waals surface area (Å²) in [6, 6.07) is 5.71. The Bertz CT molecular complexity index is 887. The number of nitrogens with zero attached hydrogens (tertiary/aromatic N) is 3. The third kappa shape index (κ3) is 4.31. The van der Waals surface area contributed by atoms with Gasteiger partial charge in [0, 0.05) is 19.9 Å². The summed E-state index contributed by atoms with van der Waals surface area (Å²) in [5.74, 6) is -0.627. The number of unbranched alkanes of at least 4 members (excludes halogenated alkanes) is 4. The zero-order chi connectivity index (χ0) is 19.4. The monoisotopic (exact) mass is 408 g/mol. The third-order valence-corrected chi connectivity index (χ3v) is 5.23. The number of imidazole rings is 1. The Kier molecular flexibility index (Phi) is 7.83. The summed E-state index contributed by atoms with van der Waals surface area (Å²) in [6.45, 7) is 0.739. The molecule has 3 rings (SSSR count). The molecule has 0 bridgehead atoms. The van der Waals surface area contributed by atoms with Crippen molar-refractivity contribution < 1.29 is 9.59 Å². The first kappa shape index (κ1) is 22.2. The van der Waals surface area contributed by atoms with Gasteiger partial charge in [0.05, 0.1) is 11.0 Å². The van der Waals surface area contributed by atoms with Gasteiger partial charge in [-0.15, -0.1) is 12.4 Å². The number of aryl methyl sites for hydroxylation is 2. The average Bonchev–Trinajstić information content (AvgIpc) is 2.90. The Labute approximate surface area is 170 Å². The molecule has 0 atom stereocenters. The van der Waals surface area contributed by atoms with Crippen LogP contribution < -0.4 is 16.4 Å². The van der Waals surface area contributed by atoms with Crippen molar-refractivity contribution >= 4 is 35.3 Å². The van der Waals surface area contributed by atoms with Gasteiger partial charge in [0.1, 0.15) is 0 Å². The minimum atomic E-state index is -0.357. The van der Waals surface area contributed by atoms with E-state index in [0.29, 0.717) is 11.9 Å². The van der Waals surface area contributed by atoms with E-state index in [-0.39, 0.29) is 42.8 Å². The smallest absolute Gasteiger partial charge is 0.330 e. The maximum Gasteiger partial charge on any atom is 0.348 e. The van der Waals surface area contributed by atoms with Crippen LogP contribution >= 0.6 is 12.4 Å². The quantitative estimate of drug-likeness (QED) is 0.536. The number of amides is 2. The number of fused-ring (bicyclic) bond motifs is 1. The van der Waals surface area contributed by atoms with Crippen molar-refractivity contribution in [2.45, 2.75) is 57.8 Å². The minimum absolute atomic E-state index is 0. The highest BCUT2D eigenvalue weighted by Crippen LogP contribution is 2.22. The van der Waals surface area contributed by atoms with E-state index in [2.05, 4.69) is 0 Å². The second-order valence-electron chi connectivity index (χ2n) is 7.20. The van der Waals surface area contributed by atoms with Gasteiger partial charge in [-0.2, -0.15) is 9.69 Å². The van der Waals surface area contributed by atoms with Crippen LogP contribution in [0.25, 0.3) is 11.0 Å².